The molecule has 4 nitrogen and oxygen atoms in total. The van der Waals surface area contributed by atoms with Crippen molar-refractivity contribution in [1.82, 2.24) is 0 Å². The largest absolute Gasteiger partial charge is 0.494 e. The second-order valence-corrected chi connectivity index (χ2v) is 6.46. The topological polar surface area (TPSA) is 55.8 Å². The fraction of sp³-hybridized carbons (Fsp3) is 0.533. The van der Waals surface area contributed by atoms with Crippen LogP contribution >= 0.6 is 15.9 Å². The number of benzene rings is 1. The normalized spacial score (nSPS) is 31.4. The van der Waals surface area contributed by atoms with E-state index >= 15 is 0 Å². The molecule has 1 aromatic rings. The Kier molecular flexibility index (Phi) is 3.73. The molecule has 0 saturated carbocycles. The van der Waals surface area contributed by atoms with E-state index in [9.17, 15) is 9.90 Å². The zero-order valence-electron chi connectivity index (χ0n) is 11.0. The molecule has 2 bridgehead atoms. The van der Waals surface area contributed by atoms with Crippen LogP contribution in [0.5, 0.6) is 5.75 Å². The Bertz CT molecular complexity index is 518. The molecule has 0 spiro atoms. The van der Waals surface area contributed by atoms with Crippen molar-refractivity contribution in [2.45, 2.75) is 37.9 Å². The molecule has 5 heteroatoms. The average molecular weight is 341 g/mol. The molecule has 0 amide bonds. The maximum absolute atomic E-state index is 11.7. The number of halogens is 1. The van der Waals surface area contributed by atoms with Crippen molar-refractivity contribution in [3.8, 4) is 5.75 Å². The van der Waals surface area contributed by atoms with Gasteiger partial charge in [-0.2, -0.15) is 0 Å². The molecule has 0 aromatic heterocycles. The van der Waals surface area contributed by atoms with Gasteiger partial charge >= 0.3 is 5.97 Å². The lowest BCUT2D eigenvalue weighted by molar-refractivity contribution is -0.153. The molecule has 108 valence electrons. The number of ether oxygens (including phenoxy) is 2. The lowest BCUT2D eigenvalue weighted by Crippen LogP contribution is -2.41. The summed E-state index contributed by atoms with van der Waals surface area (Å²) in [7, 11) is 0. The SMILES string of the molecule is O=C(O)C1(CCOc2cccc(Br)c2)CC2CCC1O2. The molecule has 2 saturated heterocycles. The predicted octanol–water partition coefficient (Wildman–Crippen LogP) is 3.24. The third-order valence-corrected chi connectivity index (χ3v) is 4.85. The molecule has 3 atom stereocenters. The maximum atomic E-state index is 11.7. The summed E-state index contributed by atoms with van der Waals surface area (Å²) in [5.74, 6) is 0.00605. The first-order valence-electron chi connectivity index (χ1n) is 6.87. The van der Waals surface area contributed by atoms with Crippen LogP contribution < -0.4 is 4.74 Å². The summed E-state index contributed by atoms with van der Waals surface area (Å²) in [6, 6.07) is 7.57. The van der Waals surface area contributed by atoms with Crippen LogP contribution in [0.3, 0.4) is 0 Å². The molecule has 0 aliphatic carbocycles. The van der Waals surface area contributed by atoms with Crippen LogP contribution in [0.1, 0.15) is 25.7 Å². The number of fused-ring (bicyclic) bond motifs is 2. The average Bonchev–Trinajstić information content (AvgIpc) is 3.00. The summed E-state index contributed by atoms with van der Waals surface area (Å²) in [4.78, 5) is 11.7. The van der Waals surface area contributed by atoms with Gasteiger partial charge in [-0.25, -0.2) is 0 Å². The van der Waals surface area contributed by atoms with E-state index in [4.69, 9.17) is 9.47 Å². The van der Waals surface area contributed by atoms with Gasteiger partial charge in [-0.05, 0) is 37.5 Å². The van der Waals surface area contributed by atoms with Gasteiger partial charge in [-0.3, -0.25) is 4.79 Å². The monoisotopic (exact) mass is 340 g/mol. The number of aliphatic carboxylic acids is 1. The van der Waals surface area contributed by atoms with Crippen molar-refractivity contribution in [2.24, 2.45) is 5.41 Å². The smallest absolute Gasteiger partial charge is 0.312 e. The minimum absolute atomic E-state index is 0.127. The number of carboxylic acids is 1. The highest BCUT2D eigenvalue weighted by atomic mass is 79.9. The first kappa shape index (κ1) is 13.9. The summed E-state index contributed by atoms with van der Waals surface area (Å²) < 4.78 is 12.4. The van der Waals surface area contributed by atoms with Gasteiger partial charge in [0.25, 0.3) is 0 Å². The van der Waals surface area contributed by atoms with Crippen molar-refractivity contribution >= 4 is 21.9 Å². The van der Waals surface area contributed by atoms with Gasteiger partial charge in [-0.1, -0.05) is 22.0 Å². The molecule has 0 radical (unpaired) electrons. The van der Waals surface area contributed by atoms with Crippen molar-refractivity contribution in [2.75, 3.05) is 6.61 Å². The summed E-state index contributed by atoms with van der Waals surface area (Å²) >= 11 is 3.39. The van der Waals surface area contributed by atoms with Crippen LogP contribution in [-0.2, 0) is 9.53 Å². The third kappa shape index (κ3) is 2.44. The molecule has 2 aliphatic heterocycles. The van der Waals surface area contributed by atoms with Crippen LogP contribution in [0, 0.1) is 5.41 Å². The van der Waals surface area contributed by atoms with E-state index < -0.39 is 11.4 Å². The highest BCUT2D eigenvalue weighted by Gasteiger charge is 2.57. The molecule has 2 fully saturated rings. The van der Waals surface area contributed by atoms with Gasteiger partial charge in [0.05, 0.1) is 24.2 Å². The van der Waals surface area contributed by atoms with Gasteiger partial charge in [0, 0.05) is 10.9 Å². The minimum Gasteiger partial charge on any atom is -0.494 e. The highest BCUT2D eigenvalue weighted by molar-refractivity contribution is 9.10. The molecule has 2 aliphatic rings. The van der Waals surface area contributed by atoms with E-state index in [1.807, 2.05) is 24.3 Å². The Balaban J connectivity index is 1.63. The van der Waals surface area contributed by atoms with Crippen LogP contribution in [0.4, 0.5) is 0 Å². The van der Waals surface area contributed by atoms with Crippen LogP contribution in [0.2, 0.25) is 0 Å². The first-order chi connectivity index (χ1) is 9.60. The van der Waals surface area contributed by atoms with Crippen LogP contribution in [-0.4, -0.2) is 29.9 Å². The molecule has 1 N–H and O–H groups in total. The number of rotatable bonds is 5. The lowest BCUT2D eigenvalue weighted by atomic mass is 9.72. The lowest BCUT2D eigenvalue weighted by Gasteiger charge is -2.30. The Morgan fingerprint density at radius 3 is 2.95 bits per heavy atom. The van der Waals surface area contributed by atoms with Crippen molar-refractivity contribution < 1.29 is 19.4 Å². The fourth-order valence-electron chi connectivity index (χ4n) is 3.30. The number of carbonyl (C=O) groups is 1. The van der Waals surface area contributed by atoms with E-state index in [2.05, 4.69) is 15.9 Å². The molecule has 3 rings (SSSR count). The Morgan fingerprint density at radius 1 is 1.50 bits per heavy atom. The van der Waals surface area contributed by atoms with Crippen LogP contribution in [0.25, 0.3) is 0 Å². The second-order valence-electron chi connectivity index (χ2n) is 5.55. The molecule has 20 heavy (non-hydrogen) atoms. The van der Waals surface area contributed by atoms with Gasteiger partial charge in [0.2, 0.25) is 0 Å². The Labute approximate surface area is 126 Å². The molecular formula is C15H17BrO4. The summed E-state index contributed by atoms with van der Waals surface area (Å²) in [6.45, 7) is 0.398. The van der Waals surface area contributed by atoms with Gasteiger partial charge in [0.1, 0.15) is 5.75 Å². The quantitative estimate of drug-likeness (QED) is 0.893. The van der Waals surface area contributed by atoms with E-state index in [0.29, 0.717) is 19.4 Å². The van der Waals surface area contributed by atoms with E-state index in [0.717, 1.165) is 23.1 Å². The number of carboxylic acid groups (broad SMARTS) is 1. The predicted molar refractivity (Wildman–Crippen MR) is 76.8 cm³/mol. The van der Waals surface area contributed by atoms with Crippen molar-refractivity contribution in [3.63, 3.8) is 0 Å². The van der Waals surface area contributed by atoms with E-state index in [1.54, 1.807) is 0 Å². The summed E-state index contributed by atoms with van der Waals surface area (Å²) in [6.07, 6.45) is 2.95. The zero-order valence-corrected chi connectivity index (χ0v) is 12.6. The van der Waals surface area contributed by atoms with Gasteiger partial charge < -0.3 is 14.6 Å². The fourth-order valence-corrected chi connectivity index (χ4v) is 3.68. The van der Waals surface area contributed by atoms with Gasteiger partial charge in [0.15, 0.2) is 0 Å². The van der Waals surface area contributed by atoms with Crippen LogP contribution in [0.15, 0.2) is 28.7 Å². The Hall–Kier alpha value is -1.07. The summed E-state index contributed by atoms with van der Waals surface area (Å²) in [5.41, 5.74) is -0.755. The maximum Gasteiger partial charge on any atom is 0.312 e. The third-order valence-electron chi connectivity index (χ3n) is 4.35. The molecule has 2 heterocycles. The summed E-state index contributed by atoms with van der Waals surface area (Å²) in [5, 5.41) is 9.58. The van der Waals surface area contributed by atoms with Gasteiger partial charge in [-0.15, -0.1) is 0 Å². The Morgan fingerprint density at radius 2 is 2.35 bits per heavy atom. The van der Waals surface area contributed by atoms with E-state index in [-0.39, 0.29) is 12.2 Å². The standard InChI is InChI=1S/C15H17BrO4/c16-10-2-1-3-11(8-10)19-7-6-15(14(17)18)9-12-4-5-13(15)20-12/h1-3,8,12-13H,4-7,9H2,(H,17,18). The number of hydrogen-bond acceptors (Lipinski definition) is 3. The zero-order chi connectivity index (χ0) is 14.2. The highest BCUT2D eigenvalue weighted by Crippen LogP contribution is 2.50. The minimum atomic E-state index is -0.755. The van der Waals surface area contributed by atoms with Crippen molar-refractivity contribution in [1.29, 1.82) is 0 Å². The number of hydrogen-bond donors (Lipinski definition) is 1. The van der Waals surface area contributed by atoms with Crippen molar-refractivity contribution in [3.05, 3.63) is 28.7 Å². The molecule has 3 unspecified atom stereocenters. The molecular weight excluding hydrogens is 324 g/mol. The van der Waals surface area contributed by atoms with E-state index in [1.165, 1.54) is 0 Å². The molecule has 1 aromatic carbocycles. The second kappa shape index (κ2) is 5.37. The first-order valence-corrected chi connectivity index (χ1v) is 7.67.